The Balaban J connectivity index is 2.02. The summed E-state index contributed by atoms with van der Waals surface area (Å²) in [6.07, 6.45) is 0. The van der Waals surface area contributed by atoms with Gasteiger partial charge in [0.05, 0.1) is 11.1 Å². The number of rotatable bonds is 5. The summed E-state index contributed by atoms with van der Waals surface area (Å²) in [5, 5.41) is 10.9. The summed E-state index contributed by atoms with van der Waals surface area (Å²) >= 11 is 11.6. The average molecular weight is 344 g/mol. The van der Waals surface area contributed by atoms with Gasteiger partial charge in [-0.1, -0.05) is 23.2 Å². The number of carbonyl (C=O) groups excluding carboxylic acids is 2. The minimum absolute atomic E-state index is 0.104. The molecule has 2 rings (SSSR count). The molecular weight excluding hydrogens is 337 g/mol. The Morgan fingerprint density at radius 1 is 1.23 bits per heavy atom. The Morgan fingerprint density at radius 2 is 1.95 bits per heavy atom. The lowest BCUT2D eigenvalue weighted by Gasteiger charge is -2.04. The Bertz CT molecular complexity index is 755. The Kier molecular flexibility index (Phi) is 4.79. The smallest absolute Gasteiger partial charge is 0.433 e. The van der Waals surface area contributed by atoms with E-state index >= 15 is 0 Å². The molecule has 114 valence electrons. The molecule has 7 nitrogen and oxygen atoms in total. The van der Waals surface area contributed by atoms with Gasteiger partial charge in [0.15, 0.2) is 6.61 Å². The monoisotopic (exact) mass is 343 g/mol. The average Bonchev–Trinajstić information content (AvgIpc) is 2.97. The van der Waals surface area contributed by atoms with E-state index in [9.17, 15) is 19.7 Å². The van der Waals surface area contributed by atoms with Crippen molar-refractivity contribution in [2.45, 2.75) is 0 Å². The SMILES string of the molecule is O=C(OCC(=O)c1cc(Cl)ccc1Cl)c1ccc([N+](=O)[O-])o1. The molecule has 0 aliphatic heterocycles. The summed E-state index contributed by atoms with van der Waals surface area (Å²) in [6, 6.07) is 6.38. The number of nitrogens with zero attached hydrogens (tertiary/aromatic N) is 1. The van der Waals surface area contributed by atoms with Crippen LogP contribution in [0.5, 0.6) is 0 Å². The van der Waals surface area contributed by atoms with E-state index in [2.05, 4.69) is 4.42 Å². The number of Topliss-reactive ketones (excluding diaryl/α,β-unsaturated/α-hetero) is 1. The van der Waals surface area contributed by atoms with E-state index in [0.29, 0.717) is 5.02 Å². The predicted octanol–water partition coefficient (Wildman–Crippen LogP) is 3.53. The molecule has 0 bridgehead atoms. The van der Waals surface area contributed by atoms with Crippen LogP contribution in [0.1, 0.15) is 20.9 Å². The van der Waals surface area contributed by atoms with Gasteiger partial charge in [-0.05, 0) is 24.3 Å². The van der Waals surface area contributed by atoms with Gasteiger partial charge in [0.2, 0.25) is 11.5 Å². The molecule has 0 radical (unpaired) electrons. The van der Waals surface area contributed by atoms with Gasteiger partial charge >= 0.3 is 11.9 Å². The Hall–Kier alpha value is -2.38. The summed E-state index contributed by atoms with van der Waals surface area (Å²) in [7, 11) is 0. The van der Waals surface area contributed by atoms with Crippen molar-refractivity contribution in [3.05, 3.63) is 61.8 Å². The van der Waals surface area contributed by atoms with E-state index in [-0.39, 0.29) is 16.3 Å². The van der Waals surface area contributed by atoms with Crippen LogP contribution in [0.2, 0.25) is 10.0 Å². The Labute approximate surface area is 133 Å². The molecule has 0 spiro atoms. The van der Waals surface area contributed by atoms with Crippen LogP contribution in [0.3, 0.4) is 0 Å². The maximum absolute atomic E-state index is 11.9. The largest absolute Gasteiger partial charge is 0.451 e. The van der Waals surface area contributed by atoms with Crippen LogP contribution < -0.4 is 0 Å². The number of furan rings is 1. The van der Waals surface area contributed by atoms with Gasteiger partial charge in [-0.3, -0.25) is 14.9 Å². The molecule has 22 heavy (non-hydrogen) atoms. The standard InChI is InChI=1S/C13H7Cl2NO6/c14-7-1-2-9(15)8(5-7)10(17)6-21-13(18)11-3-4-12(22-11)16(19)20/h1-5H,6H2. The second-order valence-electron chi connectivity index (χ2n) is 4.02. The third-order valence-corrected chi connectivity index (χ3v) is 3.10. The highest BCUT2D eigenvalue weighted by atomic mass is 35.5. The van der Waals surface area contributed by atoms with Crippen LogP contribution in [0, 0.1) is 10.1 Å². The zero-order valence-corrected chi connectivity index (χ0v) is 12.3. The number of ether oxygens (including phenoxy) is 1. The van der Waals surface area contributed by atoms with Crippen LogP contribution in [0.25, 0.3) is 0 Å². The maximum Gasteiger partial charge on any atom is 0.433 e. The first kappa shape index (κ1) is 16.0. The summed E-state index contributed by atoms with van der Waals surface area (Å²) in [6.45, 7) is -0.604. The molecule has 0 unspecified atom stereocenters. The molecule has 1 aromatic carbocycles. The van der Waals surface area contributed by atoms with Gasteiger partial charge in [0, 0.05) is 10.6 Å². The van der Waals surface area contributed by atoms with Gasteiger partial charge in [-0.2, -0.15) is 0 Å². The summed E-state index contributed by atoms with van der Waals surface area (Å²) in [5.41, 5.74) is 0.104. The van der Waals surface area contributed by atoms with Crippen molar-refractivity contribution in [1.82, 2.24) is 0 Å². The van der Waals surface area contributed by atoms with E-state index in [0.717, 1.165) is 12.1 Å². The third kappa shape index (κ3) is 3.63. The minimum atomic E-state index is -1.00. The topological polar surface area (TPSA) is 99.7 Å². The van der Waals surface area contributed by atoms with Crippen LogP contribution in [0.15, 0.2) is 34.7 Å². The highest BCUT2D eigenvalue weighted by molar-refractivity contribution is 6.36. The van der Waals surface area contributed by atoms with Gasteiger partial charge in [-0.25, -0.2) is 4.79 Å². The van der Waals surface area contributed by atoms with E-state index < -0.39 is 29.2 Å². The van der Waals surface area contributed by atoms with Crippen molar-refractivity contribution in [2.75, 3.05) is 6.61 Å². The zero-order valence-electron chi connectivity index (χ0n) is 10.7. The first-order valence-corrected chi connectivity index (χ1v) is 6.53. The third-order valence-electron chi connectivity index (χ3n) is 2.54. The second kappa shape index (κ2) is 6.59. The molecular formula is C13H7Cl2NO6. The molecule has 0 saturated heterocycles. The van der Waals surface area contributed by atoms with Gasteiger partial charge in [0.1, 0.15) is 4.92 Å². The number of nitro groups is 1. The minimum Gasteiger partial charge on any atom is -0.451 e. The van der Waals surface area contributed by atoms with E-state index in [1.54, 1.807) is 0 Å². The summed E-state index contributed by atoms with van der Waals surface area (Å²) < 4.78 is 9.38. The summed E-state index contributed by atoms with van der Waals surface area (Å²) in [5.74, 6) is -2.55. The number of halogens is 2. The molecule has 0 atom stereocenters. The first-order valence-electron chi connectivity index (χ1n) is 5.78. The van der Waals surface area contributed by atoms with Crippen LogP contribution >= 0.6 is 23.2 Å². The lowest BCUT2D eigenvalue weighted by atomic mass is 10.1. The number of ketones is 1. The van der Waals surface area contributed by atoms with Crippen molar-refractivity contribution in [3.63, 3.8) is 0 Å². The van der Waals surface area contributed by atoms with Crippen LogP contribution in [0.4, 0.5) is 5.88 Å². The maximum atomic E-state index is 11.9. The highest BCUT2D eigenvalue weighted by Gasteiger charge is 2.20. The molecule has 0 saturated carbocycles. The van der Waals surface area contributed by atoms with Crippen LogP contribution in [-0.2, 0) is 4.74 Å². The number of esters is 1. The number of hydrogen-bond donors (Lipinski definition) is 0. The van der Waals surface area contributed by atoms with Gasteiger partial charge < -0.3 is 9.15 Å². The normalized spacial score (nSPS) is 10.3. The number of carbonyl (C=O) groups is 2. The molecule has 1 aromatic heterocycles. The van der Waals surface area contributed by atoms with Crippen molar-refractivity contribution >= 4 is 40.8 Å². The number of benzene rings is 1. The lowest BCUT2D eigenvalue weighted by Crippen LogP contribution is -2.14. The van der Waals surface area contributed by atoms with E-state index in [4.69, 9.17) is 27.9 Å². The lowest BCUT2D eigenvalue weighted by molar-refractivity contribution is -0.402. The fraction of sp³-hybridized carbons (Fsp3) is 0.0769. The second-order valence-corrected chi connectivity index (χ2v) is 4.86. The van der Waals surface area contributed by atoms with E-state index in [1.807, 2.05) is 0 Å². The van der Waals surface area contributed by atoms with Crippen molar-refractivity contribution in [1.29, 1.82) is 0 Å². The zero-order chi connectivity index (χ0) is 16.3. The molecule has 0 fully saturated rings. The van der Waals surface area contributed by atoms with Crippen molar-refractivity contribution in [2.24, 2.45) is 0 Å². The molecule has 9 heteroatoms. The molecule has 0 amide bonds. The predicted molar refractivity (Wildman–Crippen MR) is 76.4 cm³/mol. The van der Waals surface area contributed by atoms with E-state index in [1.165, 1.54) is 18.2 Å². The first-order chi connectivity index (χ1) is 10.4. The fourth-order valence-corrected chi connectivity index (χ4v) is 1.92. The van der Waals surface area contributed by atoms with Crippen LogP contribution in [-0.4, -0.2) is 23.3 Å². The van der Waals surface area contributed by atoms with Gasteiger partial charge in [-0.15, -0.1) is 0 Å². The summed E-state index contributed by atoms with van der Waals surface area (Å²) in [4.78, 5) is 33.2. The molecule has 0 N–H and O–H groups in total. The van der Waals surface area contributed by atoms with Crippen molar-refractivity contribution < 1.29 is 23.7 Å². The van der Waals surface area contributed by atoms with Gasteiger partial charge in [0.25, 0.3) is 0 Å². The molecule has 0 aliphatic carbocycles. The number of hydrogen-bond acceptors (Lipinski definition) is 6. The van der Waals surface area contributed by atoms with Crippen molar-refractivity contribution in [3.8, 4) is 0 Å². The fourth-order valence-electron chi connectivity index (χ4n) is 1.53. The quantitative estimate of drug-likeness (QED) is 0.356. The molecule has 1 heterocycles. The molecule has 0 aliphatic rings. The highest BCUT2D eigenvalue weighted by Crippen LogP contribution is 2.21. The Morgan fingerprint density at radius 3 is 2.59 bits per heavy atom. The molecule has 2 aromatic rings.